The van der Waals surface area contributed by atoms with Gasteiger partial charge in [0.1, 0.15) is 0 Å². The molecule has 2 aliphatic heterocycles. The number of nitrogens with one attached hydrogen (secondary N) is 1. The van der Waals surface area contributed by atoms with Crippen molar-refractivity contribution in [2.75, 3.05) is 32.7 Å². The first-order valence-electron chi connectivity index (χ1n) is 7.78. The molecule has 0 aromatic carbocycles. The molecule has 0 aromatic heterocycles. The average molecular weight is 250 g/mol. The van der Waals surface area contributed by atoms with Crippen LogP contribution in [0.2, 0.25) is 0 Å². The zero-order chi connectivity index (χ0) is 12.2. The summed E-state index contributed by atoms with van der Waals surface area (Å²) in [6, 6.07) is 0. The molecular formula is C15H26N2O. The molecule has 0 radical (unpaired) electrons. The van der Waals surface area contributed by atoms with Crippen molar-refractivity contribution in [2.45, 2.75) is 44.6 Å². The number of rotatable bonds is 2. The van der Waals surface area contributed by atoms with Gasteiger partial charge in [0.2, 0.25) is 0 Å². The summed E-state index contributed by atoms with van der Waals surface area (Å²) < 4.78 is 0. The van der Waals surface area contributed by atoms with Crippen LogP contribution in [0, 0.1) is 16.7 Å². The van der Waals surface area contributed by atoms with Gasteiger partial charge in [-0.15, -0.1) is 0 Å². The molecular weight excluding hydrogens is 224 g/mol. The molecule has 4 aliphatic rings. The minimum Gasteiger partial charge on any atom is -0.393 e. The van der Waals surface area contributed by atoms with Crippen molar-refractivity contribution in [1.82, 2.24) is 10.2 Å². The van der Waals surface area contributed by atoms with Crippen molar-refractivity contribution in [1.29, 1.82) is 0 Å². The van der Waals surface area contributed by atoms with Gasteiger partial charge in [-0.05, 0) is 55.3 Å². The summed E-state index contributed by atoms with van der Waals surface area (Å²) in [4.78, 5) is 2.68. The van der Waals surface area contributed by atoms with Gasteiger partial charge in [-0.2, -0.15) is 0 Å². The molecule has 18 heavy (non-hydrogen) atoms. The molecule has 2 aliphatic carbocycles. The molecule has 0 amide bonds. The van der Waals surface area contributed by atoms with Crippen molar-refractivity contribution >= 4 is 0 Å². The topological polar surface area (TPSA) is 35.5 Å². The van der Waals surface area contributed by atoms with E-state index in [9.17, 15) is 5.11 Å². The molecule has 0 bridgehead atoms. The summed E-state index contributed by atoms with van der Waals surface area (Å²) in [5.74, 6) is 0.985. The van der Waals surface area contributed by atoms with Crippen LogP contribution in [0.3, 0.4) is 0 Å². The van der Waals surface area contributed by atoms with Crippen LogP contribution in [0.5, 0.6) is 0 Å². The Morgan fingerprint density at radius 3 is 2.28 bits per heavy atom. The summed E-state index contributed by atoms with van der Waals surface area (Å²) in [5.41, 5.74) is 1.35. The fourth-order valence-corrected chi connectivity index (χ4v) is 4.99. The number of hydrogen-bond acceptors (Lipinski definition) is 3. The summed E-state index contributed by atoms with van der Waals surface area (Å²) in [6.07, 6.45) is 7.58. The summed E-state index contributed by atoms with van der Waals surface area (Å²) in [6.45, 7) is 6.56. The van der Waals surface area contributed by atoms with Gasteiger partial charge in [0.15, 0.2) is 0 Å². The Balaban J connectivity index is 1.21. The van der Waals surface area contributed by atoms with Gasteiger partial charge in [-0.3, -0.25) is 0 Å². The van der Waals surface area contributed by atoms with Gasteiger partial charge < -0.3 is 15.3 Å². The van der Waals surface area contributed by atoms with Gasteiger partial charge in [-0.1, -0.05) is 0 Å². The van der Waals surface area contributed by atoms with Gasteiger partial charge >= 0.3 is 0 Å². The molecule has 0 unspecified atom stereocenters. The molecule has 2 N–H and O–H groups in total. The number of nitrogens with zero attached hydrogens (tertiary/aromatic N) is 1. The van der Waals surface area contributed by atoms with E-state index in [1.807, 2.05) is 0 Å². The number of aliphatic hydroxyl groups excluding tert-OH is 1. The monoisotopic (exact) mass is 250 g/mol. The fraction of sp³-hybridized carbons (Fsp3) is 1.00. The Labute approximate surface area is 110 Å². The highest BCUT2D eigenvalue weighted by Gasteiger charge is 2.51. The first-order chi connectivity index (χ1) is 8.67. The zero-order valence-electron chi connectivity index (χ0n) is 11.3. The first-order valence-corrected chi connectivity index (χ1v) is 7.78. The van der Waals surface area contributed by atoms with Crippen LogP contribution in [-0.2, 0) is 0 Å². The second-order valence-corrected chi connectivity index (χ2v) is 7.78. The lowest BCUT2D eigenvalue weighted by molar-refractivity contribution is -0.0858. The van der Waals surface area contributed by atoms with E-state index in [-0.39, 0.29) is 6.10 Å². The third-order valence-electron chi connectivity index (χ3n) is 6.09. The van der Waals surface area contributed by atoms with Crippen LogP contribution in [0.15, 0.2) is 0 Å². The maximum atomic E-state index is 9.59. The molecule has 3 heteroatoms. The molecule has 3 nitrogen and oxygen atoms in total. The minimum absolute atomic E-state index is 0.00211. The molecule has 0 atom stereocenters. The van der Waals surface area contributed by atoms with E-state index in [2.05, 4.69) is 10.2 Å². The summed E-state index contributed by atoms with van der Waals surface area (Å²) in [7, 11) is 0. The maximum Gasteiger partial charge on any atom is 0.0540 e. The van der Waals surface area contributed by atoms with Crippen LogP contribution in [-0.4, -0.2) is 48.8 Å². The van der Waals surface area contributed by atoms with Crippen LogP contribution in [0.25, 0.3) is 0 Å². The Bertz CT molecular complexity index is 315. The third-order valence-corrected chi connectivity index (χ3v) is 6.09. The Kier molecular flexibility index (Phi) is 2.56. The highest BCUT2D eigenvalue weighted by molar-refractivity contribution is 5.05. The van der Waals surface area contributed by atoms with E-state index in [1.165, 1.54) is 58.4 Å². The molecule has 2 spiro atoms. The Morgan fingerprint density at radius 1 is 1.06 bits per heavy atom. The third kappa shape index (κ3) is 1.83. The lowest BCUT2D eigenvalue weighted by atomic mass is 9.58. The normalized spacial score (nSPS) is 38.2. The highest BCUT2D eigenvalue weighted by Crippen LogP contribution is 2.50. The molecule has 2 saturated heterocycles. The van der Waals surface area contributed by atoms with Crippen molar-refractivity contribution in [2.24, 2.45) is 16.7 Å². The maximum absolute atomic E-state index is 9.59. The molecule has 2 saturated carbocycles. The van der Waals surface area contributed by atoms with E-state index in [4.69, 9.17) is 0 Å². The van der Waals surface area contributed by atoms with Gasteiger partial charge in [0.25, 0.3) is 0 Å². The Hall–Kier alpha value is -0.120. The number of aliphatic hydroxyl groups is 1. The van der Waals surface area contributed by atoms with E-state index in [0.717, 1.165) is 24.2 Å². The summed E-state index contributed by atoms with van der Waals surface area (Å²) in [5, 5.41) is 13.0. The predicted octanol–water partition coefficient (Wildman–Crippen LogP) is 1.22. The quantitative estimate of drug-likeness (QED) is 0.773. The first kappa shape index (κ1) is 11.7. The minimum atomic E-state index is 0.00211. The molecule has 0 aromatic rings. The van der Waals surface area contributed by atoms with Crippen LogP contribution in [0.1, 0.15) is 38.5 Å². The van der Waals surface area contributed by atoms with Crippen LogP contribution < -0.4 is 5.32 Å². The summed E-state index contributed by atoms with van der Waals surface area (Å²) >= 11 is 0. The van der Waals surface area contributed by atoms with E-state index >= 15 is 0 Å². The van der Waals surface area contributed by atoms with E-state index < -0.39 is 0 Å². The largest absolute Gasteiger partial charge is 0.393 e. The average Bonchev–Trinajstić information content (AvgIpc) is 2.20. The molecule has 2 heterocycles. The second-order valence-electron chi connectivity index (χ2n) is 7.78. The van der Waals surface area contributed by atoms with Crippen molar-refractivity contribution < 1.29 is 5.11 Å². The smallest absolute Gasteiger partial charge is 0.0540 e. The second kappa shape index (κ2) is 3.94. The standard InChI is InChI=1S/C15H26N2O/c18-13-1-3-14(4-2-13)10-17(11-14)7-12-5-15(6-12)8-16-9-15/h12-13,16,18H,1-11H2. The van der Waals surface area contributed by atoms with E-state index in [0.29, 0.717) is 5.41 Å². The number of likely N-dealkylation sites (tertiary alicyclic amines) is 1. The molecule has 102 valence electrons. The van der Waals surface area contributed by atoms with Crippen molar-refractivity contribution in [3.8, 4) is 0 Å². The lowest BCUT2D eigenvalue weighted by Gasteiger charge is -2.59. The fourth-order valence-electron chi connectivity index (χ4n) is 4.99. The van der Waals surface area contributed by atoms with Crippen LogP contribution >= 0.6 is 0 Å². The predicted molar refractivity (Wildman–Crippen MR) is 71.4 cm³/mol. The van der Waals surface area contributed by atoms with Crippen LogP contribution in [0.4, 0.5) is 0 Å². The van der Waals surface area contributed by atoms with Gasteiger partial charge in [-0.25, -0.2) is 0 Å². The van der Waals surface area contributed by atoms with Gasteiger partial charge in [0, 0.05) is 32.7 Å². The Morgan fingerprint density at radius 2 is 1.72 bits per heavy atom. The zero-order valence-corrected chi connectivity index (χ0v) is 11.3. The highest BCUT2D eigenvalue weighted by atomic mass is 16.3. The lowest BCUT2D eigenvalue weighted by Crippen LogP contribution is -2.64. The van der Waals surface area contributed by atoms with E-state index in [1.54, 1.807) is 0 Å². The molecule has 4 rings (SSSR count). The van der Waals surface area contributed by atoms with Gasteiger partial charge in [0.05, 0.1) is 6.10 Å². The SMILES string of the molecule is OC1CCC2(CC1)CN(CC1CC3(CNC3)C1)C2. The molecule has 4 fully saturated rings. The number of hydrogen-bond donors (Lipinski definition) is 2. The van der Waals surface area contributed by atoms with Crippen molar-refractivity contribution in [3.05, 3.63) is 0 Å². The van der Waals surface area contributed by atoms with Crippen molar-refractivity contribution in [3.63, 3.8) is 0 Å².